The molecule has 1 saturated carbocycles. The molecule has 0 radical (unpaired) electrons. The van der Waals surface area contributed by atoms with E-state index in [1.54, 1.807) is 0 Å². The summed E-state index contributed by atoms with van der Waals surface area (Å²) in [4.78, 5) is 0. The molecule has 1 atom stereocenters. The van der Waals surface area contributed by atoms with E-state index in [1.165, 1.54) is 36.8 Å². The van der Waals surface area contributed by atoms with Crippen molar-refractivity contribution in [2.45, 2.75) is 51.6 Å². The van der Waals surface area contributed by atoms with Crippen LogP contribution in [0.5, 0.6) is 5.75 Å². The Morgan fingerprint density at radius 3 is 2.71 bits per heavy atom. The third-order valence-corrected chi connectivity index (χ3v) is 3.73. The third kappa shape index (κ3) is 2.81. The monoisotopic (exact) mass is 233 g/mol. The number of nitrogens with two attached hydrogens (primary N) is 1. The molecule has 0 saturated heterocycles. The lowest BCUT2D eigenvalue weighted by Gasteiger charge is -2.21. The van der Waals surface area contributed by atoms with Crippen molar-refractivity contribution in [2.75, 3.05) is 6.54 Å². The van der Waals surface area contributed by atoms with E-state index in [0.717, 1.165) is 5.75 Å². The lowest BCUT2D eigenvalue weighted by molar-refractivity contribution is 0.207. The van der Waals surface area contributed by atoms with Gasteiger partial charge in [0.25, 0.3) is 0 Å². The fraction of sp³-hybridized carbons (Fsp3) is 0.600. The van der Waals surface area contributed by atoms with Gasteiger partial charge < -0.3 is 10.5 Å². The molecule has 2 nitrogen and oxygen atoms in total. The third-order valence-electron chi connectivity index (χ3n) is 3.73. The van der Waals surface area contributed by atoms with Crippen molar-refractivity contribution in [1.82, 2.24) is 0 Å². The summed E-state index contributed by atoms with van der Waals surface area (Å²) in [5.74, 6) is 1.42. The standard InChI is InChI=1S/C15H23NO/c1-11-6-5-9-14(15(11)12(2)10-16)17-13-7-3-4-8-13/h5-6,9,12-13H,3-4,7-8,10,16H2,1-2H3. The van der Waals surface area contributed by atoms with E-state index in [1.807, 2.05) is 0 Å². The molecule has 2 rings (SSSR count). The Morgan fingerprint density at radius 1 is 1.35 bits per heavy atom. The van der Waals surface area contributed by atoms with E-state index in [2.05, 4.69) is 32.0 Å². The van der Waals surface area contributed by atoms with Crippen molar-refractivity contribution in [3.8, 4) is 5.75 Å². The number of rotatable bonds is 4. The Labute approximate surface area is 104 Å². The highest BCUT2D eigenvalue weighted by atomic mass is 16.5. The summed E-state index contributed by atoms with van der Waals surface area (Å²) >= 11 is 0. The van der Waals surface area contributed by atoms with Crippen LogP contribution < -0.4 is 10.5 Å². The zero-order valence-electron chi connectivity index (χ0n) is 10.9. The molecule has 0 aliphatic heterocycles. The maximum absolute atomic E-state index is 6.15. The van der Waals surface area contributed by atoms with Crippen LogP contribution in [-0.2, 0) is 0 Å². The molecule has 1 aromatic carbocycles. The van der Waals surface area contributed by atoms with Gasteiger partial charge in [-0.3, -0.25) is 0 Å². The Bertz CT molecular complexity index is 369. The van der Waals surface area contributed by atoms with Crippen LogP contribution in [0.2, 0.25) is 0 Å². The van der Waals surface area contributed by atoms with Crippen molar-refractivity contribution < 1.29 is 4.74 Å². The van der Waals surface area contributed by atoms with Gasteiger partial charge in [-0.2, -0.15) is 0 Å². The largest absolute Gasteiger partial charge is 0.490 e. The first-order chi connectivity index (χ1) is 8.22. The second-order valence-electron chi connectivity index (χ2n) is 5.15. The van der Waals surface area contributed by atoms with Crippen molar-refractivity contribution >= 4 is 0 Å². The fourth-order valence-electron chi connectivity index (χ4n) is 2.69. The van der Waals surface area contributed by atoms with Crippen LogP contribution >= 0.6 is 0 Å². The first-order valence-electron chi connectivity index (χ1n) is 6.68. The van der Waals surface area contributed by atoms with Crippen LogP contribution in [0.1, 0.15) is 49.7 Å². The molecule has 0 spiro atoms. The molecular formula is C15H23NO. The van der Waals surface area contributed by atoms with Gasteiger partial charge in [0.1, 0.15) is 5.75 Å². The van der Waals surface area contributed by atoms with E-state index in [-0.39, 0.29) is 0 Å². The Hall–Kier alpha value is -1.02. The zero-order chi connectivity index (χ0) is 12.3. The number of benzene rings is 1. The van der Waals surface area contributed by atoms with Crippen molar-refractivity contribution in [3.05, 3.63) is 29.3 Å². The SMILES string of the molecule is Cc1cccc(OC2CCCC2)c1C(C)CN. The van der Waals surface area contributed by atoms with E-state index < -0.39 is 0 Å². The molecule has 2 N–H and O–H groups in total. The Morgan fingerprint density at radius 2 is 2.06 bits per heavy atom. The van der Waals surface area contributed by atoms with Gasteiger partial charge in [-0.15, -0.1) is 0 Å². The predicted octanol–water partition coefficient (Wildman–Crippen LogP) is 3.38. The van der Waals surface area contributed by atoms with E-state index >= 15 is 0 Å². The van der Waals surface area contributed by atoms with Gasteiger partial charge in [0.2, 0.25) is 0 Å². The summed E-state index contributed by atoms with van der Waals surface area (Å²) in [5.41, 5.74) is 8.38. The number of ether oxygens (including phenoxy) is 1. The molecule has 0 amide bonds. The number of hydrogen-bond acceptors (Lipinski definition) is 2. The summed E-state index contributed by atoms with van der Waals surface area (Å²) in [6, 6.07) is 6.31. The second kappa shape index (κ2) is 5.54. The van der Waals surface area contributed by atoms with E-state index in [0.29, 0.717) is 18.6 Å². The summed E-state index contributed by atoms with van der Waals surface area (Å²) < 4.78 is 6.15. The summed E-state index contributed by atoms with van der Waals surface area (Å²) in [5, 5.41) is 0. The molecule has 1 unspecified atom stereocenters. The molecule has 1 aromatic rings. The van der Waals surface area contributed by atoms with Crippen molar-refractivity contribution in [1.29, 1.82) is 0 Å². The quantitative estimate of drug-likeness (QED) is 0.865. The molecule has 1 aliphatic rings. The van der Waals surface area contributed by atoms with Crippen LogP contribution in [-0.4, -0.2) is 12.6 Å². The molecule has 0 heterocycles. The van der Waals surface area contributed by atoms with Crippen LogP contribution in [0.15, 0.2) is 18.2 Å². The molecule has 94 valence electrons. The molecular weight excluding hydrogens is 210 g/mol. The smallest absolute Gasteiger partial charge is 0.123 e. The maximum atomic E-state index is 6.15. The minimum Gasteiger partial charge on any atom is -0.490 e. The normalized spacial score (nSPS) is 18.3. The number of hydrogen-bond donors (Lipinski definition) is 1. The average Bonchev–Trinajstić information content (AvgIpc) is 2.81. The zero-order valence-corrected chi connectivity index (χ0v) is 10.9. The van der Waals surface area contributed by atoms with Gasteiger partial charge in [-0.25, -0.2) is 0 Å². The Kier molecular flexibility index (Phi) is 4.06. The highest BCUT2D eigenvalue weighted by Gasteiger charge is 2.20. The number of aryl methyl sites for hydroxylation is 1. The van der Waals surface area contributed by atoms with E-state index in [9.17, 15) is 0 Å². The fourth-order valence-corrected chi connectivity index (χ4v) is 2.69. The molecule has 17 heavy (non-hydrogen) atoms. The second-order valence-corrected chi connectivity index (χ2v) is 5.15. The Balaban J connectivity index is 2.22. The van der Waals surface area contributed by atoms with Crippen molar-refractivity contribution in [3.63, 3.8) is 0 Å². The topological polar surface area (TPSA) is 35.2 Å². The lowest BCUT2D eigenvalue weighted by Crippen LogP contribution is -2.16. The van der Waals surface area contributed by atoms with Gasteiger partial charge in [-0.05, 0) is 56.7 Å². The molecule has 0 aromatic heterocycles. The van der Waals surface area contributed by atoms with Crippen LogP contribution in [0, 0.1) is 6.92 Å². The average molecular weight is 233 g/mol. The molecule has 0 bridgehead atoms. The molecule has 2 heteroatoms. The van der Waals surface area contributed by atoms with Crippen molar-refractivity contribution in [2.24, 2.45) is 5.73 Å². The molecule has 1 aliphatic carbocycles. The van der Waals surface area contributed by atoms with E-state index in [4.69, 9.17) is 10.5 Å². The van der Waals surface area contributed by atoms with Gasteiger partial charge in [0, 0.05) is 5.56 Å². The van der Waals surface area contributed by atoms with Gasteiger partial charge in [0.05, 0.1) is 6.10 Å². The minimum atomic E-state index is 0.368. The first kappa shape index (κ1) is 12.4. The maximum Gasteiger partial charge on any atom is 0.123 e. The van der Waals surface area contributed by atoms with Gasteiger partial charge in [-0.1, -0.05) is 19.1 Å². The highest BCUT2D eigenvalue weighted by Crippen LogP contribution is 2.32. The van der Waals surface area contributed by atoms with Gasteiger partial charge >= 0.3 is 0 Å². The summed E-state index contributed by atoms with van der Waals surface area (Å²) in [6.45, 7) is 4.98. The minimum absolute atomic E-state index is 0.368. The first-order valence-corrected chi connectivity index (χ1v) is 6.68. The summed E-state index contributed by atoms with van der Waals surface area (Å²) in [6.07, 6.45) is 5.42. The van der Waals surface area contributed by atoms with Crippen LogP contribution in [0.3, 0.4) is 0 Å². The predicted molar refractivity (Wildman–Crippen MR) is 71.5 cm³/mol. The highest BCUT2D eigenvalue weighted by molar-refractivity contribution is 5.42. The van der Waals surface area contributed by atoms with Gasteiger partial charge in [0.15, 0.2) is 0 Å². The van der Waals surface area contributed by atoms with Crippen LogP contribution in [0.25, 0.3) is 0 Å². The van der Waals surface area contributed by atoms with Crippen LogP contribution in [0.4, 0.5) is 0 Å². The lowest BCUT2D eigenvalue weighted by atomic mass is 9.95. The molecule has 1 fully saturated rings. The summed E-state index contributed by atoms with van der Waals surface area (Å²) in [7, 11) is 0.